The molecular weight excluding hydrogens is 435 g/mol. The maximum Gasteiger partial charge on any atom is 0.416 e. The van der Waals surface area contributed by atoms with Gasteiger partial charge in [0.05, 0.1) is 12.2 Å². The van der Waals surface area contributed by atoms with Crippen molar-refractivity contribution in [3.63, 3.8) is 0 Å². The van der Waals surface area contributed by atoms with Gasteiger partial charge in [-0.05, 0) is 61.2 Å². The van der Waals surface area contributed by atoms with Gasteiger partial charge in [-0.15, -0.1) is 0 Å². The first-order valence-electron chi connectivity index (χ1n) is 9.99. The number of rotatable bonds is 5. The van der Waals surface area contributed by atoms with Crippen LogP contribution in [0.3, 0.4) is 0 Å². The van der Waals surface area contributed by atoms with Crippen LogP contribution in [0, 0.1) is 0 Å². The van der Waals surface area contributed by atoms with Crippen LogP contribution in [0.5, 0.6) is 0 Å². The molecule has 2 aromatic rings. The molecule has 2 aliphatic heterocycles. The van der Waals surface area contributed by atoms with Crippen LogP contribution < -0.4 is 4.90 Å². The van der Waals surface area contributed by atoms with E-state index in [-0.39, 0.29) is 6.61 Å². The Hall–Kier alpha value is -2.29. The van der Waals surface area contributed by atoms with E-state index in [1.807, 2.05) is 0 Å². The molecule has 4 rings (SSSR count). The first-order chi connectivity index (χ1) is 14.8. The van der Waals surface area contributed by atoms with Crippen LogP contribution >= 0.6 is 11.6 Å². The summed E-state index contributed by atoms with van der Waals surface area (Å²) < 4.78 is 56.8. The Morgan fingerprint density at radius 1 is 1.13 bits per heavy atom. The highest BCUT2D eigenvalue weighted by atomic mass is 35.5. The third kappa shape index (κ3) is 4.97. The summed E-state index contributed by atoms with van der Waals surface area (Å²) >= 11 is 5.95. The van der Waals surface area contributed by atoms with E-state index in [9.17, 15) is 18.0 Å². The van der Waals surface area contributed by atoms with Crippen LogP contribution in [0.2, 0.25) is 5.02 Å². The van der Waals surface area contributed by atoms with Crippen LogP contribution in [0.1, 0.15) is 36.4 Å². The highest BCUT2D eigenvalue weighted by Crippen LogP contribution is 2.40. The summed E-state index contributed by atoms with van der Waals surface area (Å²) in [5.41, 5.74) is -0.0299. The first kappa shape index (κ1) is 21.9. The van der Waals surface area contributed by atoms with E-state index in [2.05, 4.69) is 0 Å². The molecule has 0 bridgehead atoms. The van der Waals surface area contributed by atoms with Gasteiger partial charge in [0.1, 0.15) is 6.04 Å². The van der Waals surface area contributed by atoms with E-state index >= 15 is 0 Å². The summed E-state index contributed by atoms with van der Waals surface area (Å²) in [6, 6.07) is 10.6. The number of carbonyl (C=O) groups excluding carboxylic acids is 1. The molecule has 9 heteroatoms. The summed E-state index contributed by atoms with van der Waals surface area (Å²) in [4.78, 5) is 14.1. The third-order valence-corrected chi connectivity index (χ3v) is 5.58. The molecule has 2 aliphatic rings. The van der Waals surface area contributed by atoms with E-state index in [0.717, 1.165) is 31.4 Å². The normalized spacial score (nSPS) is 24.3. The van der Waals surface area contributed by atoms with Crippen LogP contribution in [-0.4, -0.2) is 31.7 Å². The van der Waals surface area contributed by atoms with Crippen molar-refractivity contribution < 1.29 is 32.2 Å². The van der Waals surface area contributed by atoms with Gasteiger partial charge in [-0.2, -0.15) is 13.2 Å². The number of amides is 1. The zero-order chi connectivity index (χ0) is 22.0. The maximum atomic E-state index is 13.3. The third-order valence-electron chi connectivity index (χ3n) is 5.32. The fraction of sp³-hybridized carbons (Fsp3) is 0.409. The Labute approximate surface area is 182 Å². The summed E-state index contributed by atoms with van der Waals surface area (Å²) in [5, 5.41) is 0.473. The van der Waals surface area contributed by atoms with E-state index in [1.165, 1.54) is 11.0 Å². The highest BCUT2D eigenvalue weighted by molar-refractivity contribution is 6.30. The lowest BCUT2D eigenvalue weighted by molar-refractivity contribution is -0.174. The molecule has 0 radical (unpaired) electrons. The minimum atomic E-state index is -4.51. The van der Waals surface area contributed by atoms with Crippen molar-refractivity contribution >= 4 is 23.4 Å². The number of hydrogen-bond donors (Lipinski definition) is 0. The number of cyclic esters (lactones) is 1. The second kappa shape index (κ2) is 9.06. The Bertz CT molecular complexity index is 916. The molecule has 3 unspecified atom stereocenters. The summed E-state index contributed by atoms with van der Waals surface area (Å²) in [5.74, 6) is 0. The Morgan fingerprint density at radius 2 is 1.90 bits per heavy atom. The van der Waals surface area contributed by atoms with Crippen molar-refractivity contribution in [2.45, 2.75) is 43.9 Å². The summed E-state index contributed by atoms with van der Waals surface area (Å²) in [6.07, 6.45) is -3.76. The molecule has 2 aromatic carbocycles. The second-order valence-corrected chi connectivity index (χ2v) is 7.90. The van der Waals surface area contributed by atoms with Crippen molar-refractivity contribution in [2.75, 3.05) is 18.1 Å². The zero-order valence-corrected chi connectivity index (χ0v) is 17.2. The molecule has 166 valence electrons. The summed E-state index contributed by atoms with van der Waals surface area (Å²) in [6.45, 7) is 0.588. The van der Waals surface area contributed by atoms with Gasteiger partial charge in [0.25, 0.3) is 0 Å². The van der Waals surface area contributed by atoms with E-state index in [0.29, 0.717) is 22.9 Å². The Balaban J connectivity index is 1.66. The van der Waals surface area contributed by atoms with Crippen molar-refractivity contribution in [1.29, 1.82) is 0 Å². The van der Waals surface area contributed by atoms with E-state index in [1.54, 1.807) is 30.3 Å². The van der Waals surface area contributed by atoms with Crippen molar-refractivity contribution in [3.8, 4) is 0 Å². The molecule has 0 spiro atoms. The van der Waals surface area contributed by atoms with Crippen LogP contribution in [0.15, 0.2) is 48.5 Å². The van der Waals surface area contributed by atoms with Gasteiger partial charge in [-0.1, -0.05) is 23.7 Å². The molecule has 1 amide bonds. The minimum absolute atomic E-state index is 0.00140. The number of anilines is 1. The fourth-order valence-electron chi connectivity index (χ4n) is 3.83. The van der Waals surface area contributed by atoms with Crippen LogP contribution in [-0.2, 0) is 20.4 Å². The fourth-order valence-corrected chi connectivity index (χ4v) is 3.96. The van der Waals surface area contributed by atoms with E-state index < -0.39 is 36.3 Å². The SMILES string of the molecule is O=C1OC(COC2CCCCO2)C(c2cccc(C(F)(F)F)c2)N1c1ccc(Cl)cc1. The zero-order valence-electron chi connectivity index (χ0n) is 16.5. The maximum absolute atomic E-state index is 13.3. The lowest BCUT2D eigenvalue weighted by Crippen LogP contribution is -2.33. The number of nitrogens with zero attached hydrogens (tertiary/aromatic N) is 1. The number of hydrogen-bond acceptors (Lipinski definition) is 4. The predicted molar refractivity (Wildman–Crippen MR) is 108 cm³/mol. The monoisotopic (exact) mass is 455 g/mol. The van der Waals surface area contributed by atoms with Crippen LogP contribution in [0.25, 0.3) is 0 Å². The molecule has 0 N–H and O–H groups in total. The van der Waals surface area contributed by atoms with Crippen LogP contribution in [0.4, 0.5) is 23.7 Å². The standard InChI is InChI=1S/C22H21ClF3NO4/c23-16-7-9-17(10-8-16)27-20(14-4-3-5-15(12-14)22(24,25)26)18(31-21(27)28)13-30-19-6-1-2-11-29-19/h3-5,7-10,12,18-20H,1-2,6,11,13H2. The molecule has 2 fully saturated rings. The minimum Gasteiger partial charge on any atom is -0.441 e. The number of halogens is 4. The van der Waals surface area contributed by atoms with Gasteiger partial charge in [0, 0.05) is 17.3 Å². The average molecular weight is 456 g/mol. The topological polar surface area (TPSA) is 48.0 Å². The Morgan fingerprint density at radius 3 is 2.58 bits per heavy atom. The van der Waals surface area contributed by atoms with Gasteiger partial charge >= 0.3 is 12.3 Å². The molecule has 3 atom stereocenters. The van der Waals surface area contributed by atoms with Gasteiger partial charge in [0.2, 0.25) is 0 Å². The number of ether oxygens (including phenoxy) is 3. The molecule has 0 saturated carbocycles. The van der Waals surface area contributed by atoms with Crippen molar-refractivity contribution in [2.24, 2.45) is 0 Å². The van der Waals surface area contributed by atoms with Gasteiger partial charge in [-0.25, -0.2) is 4.79 Å². The predicted octanol–water partition coefficient (Wildman–Crippen LogP) is 5.97. The first-order valence-corrected chi connectivity index (χ1v) is 10.4. The number of carbonyl (C=O) groups is 1. The highest BCUT2D eigenvalue weighted by Gasteiger charge is 2.45. The number of alkyl halides is 3. The second-order valence-electron chi connectivity index (χ2n) is 7.47. The Kier molecular flexibility index (Phi) is 6.41. The molecule has 0 aliphatic carbocycles. The van der Waals surface area contributed by atoms with Crippen molar-refractivity contribution in [3.05, 3.63) is 64.7 Å². The quantitative estimate of drug-likeness (QED) is 0.557. The summed E-state index contributed by atoms with van der Waals surface area (Å²) in [7, 11) is 0. The van der Waals surface area contributed by atoms with E-state index in [4.69, 9.17) is 25.8 Å². The lowest BCUT2D eigenvalue weighted by Gasteiger charge is -2.28. The molecule has 0 aromatic heterocycles. The number of benzene rings is 2. The molecule has 2 heterocycles. The molecular formula is C22H21ClF3NO4. The average Bonchev–Trinajstić information content (AvgIpc) is 3.09. The largest absolute Gasteiger partial charge is 0.441 e. The smallest absolute Gasteiger partial charge is 0.416 e. The van der Waals surface area contributed by atoms with Gasteiger partial charge in [-0.3, -0.25) is 4.90 Å². The van der Waals surface area contributed by atoms with Gasteiger partial charge in [0.15, 0.2) is 12.4 Å². The van der Waals surface area contributed by atoms with Crippen molar-refractivity contribution in [1.82, 2.24) is 0 Å². The molecule has 2 saturated heterocycles. The molecule has 5 nitrogen and oxygen atoms in total. The lowest BCUT2D eigenvalue weighted by atomic mass is 9.98. The molecule has 31 heavy (non-hydrogen) atoms. The van der Waals surface area contributed by atoms with Gasteiger partial charge < -0.3 is 14.2 Å².